The van der Waals surface area contributed by atoms with E-state index in [1.54, 1.807) is 6.08 Å². The molecule has 4 nitrogen and oxygen atoms in total. The van der Waals surface area contributed by atoms with Gasteiger partial charge in [0.25, 0.3) is 0 Å². The highest BCUT2D eigenvalue weighted by molar-refractivity contribution is 5.83. The summed E-state index contributed by atoms with van der Waals surface area (Å²) in [5.74, 6) is 1.97. The lowest BCUT2D eigenvalue weighted by Gasteiger charge is -2.57. The van der Waals surface area contributed by atoms with E-state index in [1.165, 1.54) is 12.8 Å². The quantitative estimate of drug-likeness (QED) is 0.589. The van der Waals surface area contributed by atoms with E-state index in [9.17, 15) is 9.59 Å². The number of hydrogen-bond acceptors (Lipinski definition) is 3. The maximum Gasteiger partial charge on any atom is 0.330 e. The Morgan fingerprint density at radius 1 is 1.13 bits per heavy atom. The number of carbonyl (C=O) groups is 2. The number of nitrogens with one attached hydrogen (secondary N) is 1. The molecule has 0 aromatic carbocycles. The van der Waals surface area contributed by atoms with Crippen molar-refractivity contribution in [3.63, 3.8) is 0 Å². The van der Waals surface area contributed by atoms with E-state index in [1.807, 2.05) is 0 Å². The van der Waals surface area contributed by atoms with E-state index in [2.05, 4.69) is 59.9 Å². The third kappa shape index (κ3) is 4.20. The number of amides is 1. The first-order chi connectivity index (χ1) is 14.2. The molecule has 174 valence electrons. The lowest BCUT2D eigenvalue weighted by atomic mass is 9.49. The first-order valence-electron chi connectivity index (χ1n) is 12.4. The van der Waals surface area contributed by atoms with Crippen molar-refractivity contribution in [1.82, 2.24) is 5.32 Å². The smallest absolute Gasteiger partial charge is 0.330 e. The Kier molecular flexibility index (Phi) is 5.42. The van der Waals surface area contributed by atoms with Crippen LogP contribution in [0.4, 0.5) is 0 Å². The number of hydrogen-bond donors (Lipinski definition) is 1. The van der Waals surface area contributed by atoms with Crippen LogP contribution in [0.25, 0.3) is 0 Å². The van der Waals surface area contributed by atoms with Crippen LogP contribution in [0, 0.1) is 39.9 Å². The van der Waals surface area contributed by atoms with Gasteiger partial charge in [0.05, 0.1) is 0 Å². The zero-order valence-corrected chi connectivity index (χ0v) is 20.7. The molecule has 3 aliphatic carbocycles. The van der Waals surface area contributed by atoms with Crippen molar-refractivity contribution in [2.75, 3.05) is 0 Å². The molecule has 0 saturated heterocycles. The van der Waals surface area contributed by atoms with Crippen molar-refractivity contribution < 1.29 is 14.3 Å². The van der Waals surface area contributed by atoms with Crippen LogP contribution in [0.2, 0.25) is 0 Å². The topological polar surface area (TPSA) is 55.4 Å². The molecule has 1 amide bonds. The summed E-state index contributed by atoms with van der Waals surface area (Å²) in [4.78, 5) is 25.2. The lowest BCUT2D eigenvalue weighted by molar-refractivity contribution is -0.166. The Morgan fingerprint density at radius 2 is 1.84 bits per heavy atom. The van der Waals surface area contributed by atoms with Gasteiger partial charge in [0.15, 0.2) is 0 Å². The SMILES string of the molecule is CC(C)(C)CC(C)(C)NC(=O)[C@H]1C[C@H]2[C@@H]3CC[C@H]4OC(=O)C=C[C@]4(C)[C@H]3CC[C@]2(C)C1. The van der Waals surface area contributed by atoms with Crippen LogP contribution in [0.3, 0.4) is 0 Å². The van der Waals surface area contributed by atoms with Gasteiger partial charge in [-0.05, 0) is 87.4 Å². The maximum atomic E-state index is 13.3. The highest BCUT2D eigenvalue weighted by Crippen LogP contribution is 2.64. The van der Waals surface area contributed by atoms with E-state index < -0.39 is 0 Å². The van der Waals surface area contributed by atoms with Crippen molar-refractivity contribution in [3.05, 3.63) is 12.2 Å². The van der Waals surface area contributed by atoms with Gasteiger partial charge in [0.2, 0.25) is 5.91 Å². The normalized spacial score (nSPS) is 42.3. The average Bonchev–Trinajstić information content (AvgIpc) is 2.98. The minimum Gasteiger partial charge on any atom is -0.458 e. The highest BCUT2D eigenvalue weighted by atomic mass is 16.5. The fourth-order valence-corrected chi connectivity index (χ4v) is 8.26. The van der Waals surface area contributed by atoms with Gasteiger partial charge < -0.3 is 10.1 Å². The third-order valence-electron chi connectivity index (χ3n) is 9.10. The third-order valence-corrected chi connectivity index (χ3v) is 9.10. The summed E-state index contributed by atoms with van der Waals surface area (Å²) in [6.45, 7) is 15.8. The zero-order valence-electron chi connectivity index (χ0n) is 20.7. The van der Waals surface area contributed by atoms with Crippen LogP contribution in [0.5, 0.6) is 0 Å². The van der Waals surface area contributed by atoms with E-state index in [4.69, 9.17) is 4.74 Å². The van der Waals surface area contributed by atoms with Gasteiger partial charge in [-0.2, -0.15) is 0 Å². The molecule has 31 heavy (non-hydrogen) atoms. The Hall–Kier alpha value is -1.32. The molecule has 4 rings (SSSR count). The summed E-state index contributed by atoms with van der Waals surface area (Å²) in [6.07, 6.45) is 11.2. The largest absolute Gasteiger partial charge is 0.458 e. The molecule has 1 heterocycles. The molecule has 4 aliphatic rings. The molecule has 4 heteroatoms. The van der Waals surface area contributed by atoms with E-state index in [0.29, 0.717) is 17.8 Å². The van der Waals surface area contributed by atoms with Crippen LogP contribution in [0.15, 0.2) is 12.2 Å². The Balaban J connectivity index is 1.49. The predicted octanol–water partition coefficient (Wildman–Crippen LogP) is 5.66. The summed E-state index contributed by atoms with van der Waals surface area (Å²) in [5.41, 5.74) is 0.211. The molecular weight excluding hydrogens is 386 g/mol. The van der Waals surface area contributed by atoms with Gasteiger partial charge in [-0.15, -0.1) is 0 Å². The average molecular weight is 430 g/mol. The van der Waals surface area contributed by atoms with Crippen molar-refractivity contribution in [2.45, 2.75) is 105 Å². The van der Waals surface area contributed by atoms with Gasteiger partial charge >= 0.3 is 5.97 Å². The summed E-state index contributed by atoms with van der Waals surface area (Å²) in [7, 11) is 0. The first-order valence-corrected chi connectivity index (χ1v) is 12.4. The van der Waals surface area contributed by atoms with Gasteiger partial charge in [-0.1, -0.05) is 40.7 Å². The molecule has 0 radical (unpaired) electrons. The van der Waals surface area contributed by atoms with E-state index >= 15 is 0 Å². The Labute approximate surface area is 189 Å². The lowest BCUT2D eigenvalue weighted by Crippen LogP contribution is -2.54. The fourth-order valence-electron chi connectivity index (χ4n) is 8.26. The Morgan fingerprint density at radius 3 is 2.52 bits per heavy atom. The summed E-state index contributed by atoms with van der Waals surface area (Å²) in [6, 6.07) is 0. The Bertz CT molecular complexity index is 778. The highest BCUT2D eigenvalue weighted by Gasteiger charge is 2.60. The molecule has 0 spiro atoms. The minimum absolute atomic E-state index is 0.0225. The van der Waals surface area contributed by atoms with Crippen LogP contribution in [0.1, 0.15) is 93.4 Å². The fraction of sp³-hybridized carbons (Fsp3) is 0.852. The minimum atomic E-state index is -0.186. The van der Waals surface area contributed by atoms with Crippen molar-refractivity contribution in [2.24, 2.45) is 39.9 Å². The second kappa shape index (κ2) is 7.35. The van der Waals surface area contributed by atoms with E-state index in [0.717, 1.165) is 32.1 Å². The van der Waals surface area contributed by atoms with Crippen molar-refractivity contribution >= 4 is 11.9 Å². The molecule has 3 fully saturated rings. The van der Waals surface area contributed by atoms with Gasteiger partial charge in [0.1, 0.15) is 6.10 Å². The first kappa shape index (κ1) is 22.9. The molecule has 0 aromatic rings. The second-order valence-electron chi connectivity index (χ2n) is 13.5. The summed E-state index contributed by atoms with van der Waals surface area (Å²) in [5, 5.41) is 3.40. The number of esters is 1. The molecule has 1 N–H and O–H groups in total. The maximum absolute atomic E-state index is 13.3. The second-order valence-corrected chi connectivity index (χ2v) is 13.5. The van der Waals surface area contributed by atoms with Gasteiger partial charge in [-0.3, -0.25) is 4.79 Å². The van der Waals surface area contributed by atoms with E-state index in [-0.39, 0.29) is 45.7 Å². The van der Waals surface area contributed by atoms with Crippen molar-refractivity contribution in [1.29, 1.82) is 0 Å². The number of ether oxygens (including phenoxy) is 1. The van der Waals surface area contributed by atoms with Crippen LogP contribution >= 0.6 is 0 Å². The molecule has 0 bridgehead atoms. The molecule has 3 saturated carbocycles. The van der Waals surface area contributed by atoms with Crippen LogP contribution < -0.4 is 5.32 Å². The van der Waals surface area contributed by atoms with Crippen molar-refractivity contribution in [3.8, 4) is 0 Å². The number of rotatable bonds is 3. The van der Waals surface area contributed by atoms with Gasteiger partial charge in [0, 0.05) is 22.9 Å². The summed E-state index contributed by atoms with van der Waals surface area (Å²) >= 11 is 0. The van der Waals surface area contributed by atoms with Crippen LogP contribution in [-0.4, -0.2) is 23.5 Å². The summed E-state index contributed by atoms with van der Waals surface area (Å²) < 4.78 is 5.74. The molecule has 0 unspecified atom stereocenters. The zero-order chi connectivity index (χ0) is 22.8. The molecular formula is C27H43NO3. The van der Waals surface area contributed by atoms with Gasteiger partial charge in [-0.25, -0.2) is 4.79 Å². The molecule has 0 aromatic heterocycles. The molecule has 7 atom stereocenters. The number of carbonyl (C=O) groups excluding carboxylic acids is 2. The van der Waals surface area contributed by atoms with Crippen LogP contribution in [-0.2, 0) is 14.3 Å². The monoisotopic (exact) mass is 429 g/mol. The number of fused-ring (bicyclic) bond motifs is 5. The predicted molar refractivity (Wildman–Crippen MR) is 123 cm³/mol. The molecule has 1 aliphatic heterocycles. The standard InChI is InChI=1S/C27H43NO3/c1-24(2,3)16-25(4,5)28-23(30)17-14-20-18-8-9-21-27(7,13-11-22(29)31-21)19(18)10-12-26(20,6)15-17/h11,13,17-21H,8-10,12,14-16H2,1-7H3,(H,28,30)/t17-,18+,19-,20-,21+,26+,27+/m0/s1.